The predicted octanol–water partition coefficient (Wildman–Crippen LogP) is 3.06. The Morgan fingerprint density at radius 1 is 1.21 bits per heavy atom. The average Bonchev–Trinajstić information content (AvgIpc) is 2.26. The molecule has 78 valence electrons. The minimum Gasteiger partial charge on any atom is -0.393 e. The van der Waals surface area contributed by atoms with Gasteiger partial charge in [-0.05, 0) is 25.2 Å². The Labute approximate surface area is 86.5 Å². The van der Waals surface area contributed by atoms with Crippen LogP contribution in [-0.2, 0) is 0 Å². The van der Waals surface area contributed by atoms with Crippen molar-refractivity contribution in [2.45, 2.75) is 46.6 Å². The molecular formula is C13H20O. The molecule has 0 saturated heterocycles. The third kappa shape index (κ3) is 1.18. The lowest BCUT2D eigenvalue weighted by molar-refractivity contribution is 0.0543. The van der Waals surface area contributed by atoms with Gasteiger partial charge in [0.15, 0.2) is 0 Å². The van der Waals surface area contributed by atoms with E-state index in [2.05, 4.69) is 39.8 Å². The van der Waals surface area contributed by atoms with Crippen LogP contribution in [0.25, 0.3) is 0 Å². The van der Waals surface area contributed by atoms with Gasteiger partial charge in [0, 0.05) is 5.41 Å². The third-order valence-corrected chi connectivity index (χ3v) is 4.08. The Kier molecular flexibility index (Phi) is 1.94. The Morgan fingerprint density at radius 2 is 1.86 bits per heavy atom. The predicted molar refractivity (Wildman–Crippen MR) is 59.0 cm³/mol. The van der Waals surface area contributed by atoms with Crippen LogP contribution < -0.4 is 0 Å². The Bertz CT molecular complexity index is 322. The maximum atomic E-state index is 9.92. The Morgan fingerprint density at radius 3 is 2.50 bits per heavy atom. The Balaban J connectivity index is 2.43. The SMILES string of the molecule is CC1=CC=C2C(C)(C)C[C@@H](O)C[C@@]12C. The second-order valence-electron chi connectivity index (χ2n) is 5.71. The molecule has 0 unspecified atom stereocenters. The van der Waals surface area contributed by atoms with Gasteiger partial charge in [-0.2, -0.15) is 0 Å². The van der Waals surface area contributed by atoms with Crippen molar-refractivity contribution in [1.82, 2.24) is 0 Å². The smallest absolute Gasteiger partial charge is 0.0559 e. The normalized spacial score (nSPS) is 40.2. The first-order chi connectivity index (χ1) is 6.36. The maximum Gasteiger partial charge on any atom is 0.0559 e. The topological polar surface area (TPSA) is 20.2 Å². The summed E-state index contributed by atoms with van der Waals surface area (Å²) in [5.41, 5.74) is 3.19. The fourth-order valence-corrected chi connectivity index (χ4v) is 3.27. The van der Waals surface area contributed by atoms with Crippen molar-refractivity contribution in [3.8, 4) is 0 Å². The summed E-state index contributed by atoms with van der Waals surface area (Å²) in [4.78, 5) is 0. The summed E-state index contributed by atoms with van der Waals surface area (Å²) in [5, 5.41) is 9.92. The minimum absolute atomic E-state index is 0.126. The van der Waals surface area contributed by atoms with Crippen LogP contribution in [0.1, 0.15) is 40.5 Å². The van der Waals surface area contributed by atoms with E-state index >= 15 is 0 Å². The molecule has 2 rings (SSSR count). The third-order valence-electron chi connectivity index (χ3n) is 4.08. The number of fused-ring (bicyclic) bond motifs is 1. The van der Waals surface area contributed by atoms with E-state index in [1.54, 1.807) is 0 Å². The lowest BCUT2D eigenvalue weighted by Crippen LogP contribution is -2.40. The van der Waals surface area contributed by atoms with Crippen LogP contribution in [0.3, 0.4) is 0 Å². The summed E-state index contributed by atoms with van der Waals surface area (Å²) in [6.45, 7) is 8.93. The minimum atomic E-state index is -0.145. The first-order valence-corrected chi connectivity index (χ1v) is 5.44. The van der Waals surface area contributed by atoms with Gasteiger partial charge in [-0.3, -0.25) is 0 Å². The molecule has 1 fully saturated rings. The van der Waals surface area contributed by atoms with Crippen molar-refractivity contribution >= 4 is 0 Å². The molecule has 2 aliphatic rings. The maximum absolute atomic E-state index is 9.92. The van der Waals surface area contributed by atoms with Gasteiger partial charge in [-0.1, -0.05) is 44.1 Å². The second kappa shape index (κ2) is 2.73. The van der Waals surface area contributed by atoms with E-state index < -0.39 is 0 Å². The zero-order valence-electron chi connectivity index (χ0n) is 9.59. The first-order valence-electron chi connectivity index (χ1n) is 5.44. The van der Waals surface area contributed by atoms with Crippen molar-refractivity contribution in [3.05, 3.63) is 23.3 Å². The van der Waals surface area contributed by atoms with Crippen LogP contribution in [0.15, 0.2) is 23.3 Å². The van der Waals surface area contributed by atoms with Crippen molar-refractivity contribution < 1.29 is 5.11 Å². The quantitative estimate of drug-likeness (QED) is 0.625. The highest BCUT2D eigenvalue weighted by atomic mass is 16.3. The molecule has 0 heterocycles. The summed E-state index contributed by atoms with van der Waals surface area (Å²) >= 11 is 0. The molecule has 1 heteroatoms. The molecule has 1 saturated carbocycles. The van der Waals surface area contributed by atoms with Crippen LogP contribution in [0.5, 0.6) is 0 Å². The van der Waals surface area contributed by atoms with E-state index in [1.165, 1.54) is 11.1 Å². The highest BCUT2D eigenvalue weighted by molar-refractivity contribution is 5.43. The van der Waals surface area contributed by atoms with Crippen molar-refractivity contribution in [3.63, 3.8) is 0 Å². The molecule has 1 nitrogen and oxygen atoms in total. The number of hydrogen-bond acceptors (Lipinski definition) is 1. The largest absolute Gasteiger partial charge is 0.393 e. The van der Waals surface area contributed by atoms with Gasteiger partial charge in [-0.15, -0.1) is 0 Å². The zero-order valence-corrected chi connectivity index (χ0v) is 9.59. The molecule has 0 spiro atoms. The van der Waals surface area contributed by atoms with Crippen LogP contribution >= 0.6 is 0 Å². The highest BCUT2D eigenvalue weighted by Gasteiger charge is 2.47. The van der Waals surface area contributed by atoms with Gasteiger partial charge in [-0.25, -0.2) is 0 Å². The lowest BCUT2D eigenvalue weighted by Gasteiger charge is -2.46. The number of aliphatic hydroxyl groups excluding tert-OH is 1. The lowest BCUT2D eigenvalue weighted by atomic mass is 9.59. The average molecular weight is 192 g/mol. The number of rotatable bonds is 0. The van der Waals surface area contributed by atoms with Crippen LogP contribution in [0, 0.1) is 10.8 Å². The standard InChI is InChI=1S/C13H20O/c1-9-5-6-11-12(2,3)7-10(14)8-13(9,11)4/h5-6,10,14H,7-8H2,1-4H3/t10-,13+/m1/s1. The zero-order chi connectivity index (χ0) is 10.6. The van der Waals surface area contributed by atoms with Gasteiger partial charge in [0.05, 0.1) is 6.10 Å². The van der Waals surface area contributed by atoms with Crippen molar-refractivity contribution in [2.24, 2.45) is 10.8 Å². The monoisotopic (exact) mass is 192 g/mol. The molecular weight excluding hydrogens is 172 g/mol. The molecule has 0 aromatic carbocycles. The van der Waals surface area contributed by atoms with Crippen LogP contribution in [0.2, 0.25) is 0 Å². The molecule has 0 aromatic heterocycles. The van der Waals surface area contributed by atoms with Gasteiger partial charge < -0.3 is 5.11 Å². The molecule has 0 amide bonds. The summed E-state index contributed by atoms with van der Waals surface area (Å²) in [5.74, 6) is 0. The number of aliphatic hydroxyl groups is 1. The number of hydrogen-bond donors (Lipinski definition) is 1. The molecule has 0 radical (unpaired) electrons. The molecule has 0 aliphatic heterocycles. The van der Waals surface area contributed by atoms with Gasteiger partial charge >= 0.3 is 0 Å². The van der Waals surface area contributed by atoms with E-state index in [4.69, 9.17) is 0 Å². The summed E-state index contributed by atoms with van der Waals surface area (Å²) in [7, 11) is 0. The van der Waals surface area contributed by atoms with E-state index in [9.17, 15) is 5.11 Å². The fourth-order valence-electron chi connectivity index (χ4n) is 3.27. The molecule has 0 aromatic rings. The highest BCUT2D eigenvalue weighted by Crippen LogP contribution is 2.56. The van der Waals surface area contributed by atoms with E-state index in [-0.39, 0.29) is 16.9 Å². The van der Waals surface area contributed by atoms with Gasteiger partial charge in [0.1, 0.15) is 0 Å². The van der Waals surface area contributed by atoms with Crippen molar-refractivity contribution in [1.29, 1.82) is 0 Å². The molecule has 0 bridgehead atoms. The molecule has 14 heavy (non-hydrogen) atoms. The van der Waals surface area contributed by atoms with Gasteiger partial charge in [0.25, 0.3) is 0 Å². The Hall–Kier alpha value is -0.560. The molecule has 2 atom stereocenters. The summed E-state index contributed by atoms with van der Waals surface area (Å²) in [6, 6.07) is 0. The summed E-state index contributed by atoms with van der Waals surface area (Å²) < 4.78 is 0. The fraction of sp³-hybridized carbons (Fsp3) is 0.692. The molecule has 2 aliphatic carbocycles. The summed E-state index contributed by atoms with van der Waals surface area (Å²) in [6.07, 6.45) is 6.13. The van der Waals surface area contributed by atoms with E-state index in [1.807, 2.05) is 0 Å². The van der Waals surface area contributed by atoms with Crippen LogP contribution in [0.4, 0.5) is 0 Å². The molecule has 1 N–H and O–H groups in total. The van der Waals surface area contributed by atoms with Crippen LogP contribution in [-0.4, -0.2) is 11.2 Å². The van der Waals surface area contributed by atoms with E-state index in [0.29, 0.717) is 0 Å². The van der Waals surface area contributed by atoms with E-state index in [0.717, 1.165) is 12.8 Å². The first kappa shape index (κ1) is 9.97. The second-order valence-corrected chi connectivity index (χ2v) is 5.71. The number of allylic oxidation sites excluding steroid dienone is 4. The van der Waals surface area contributed by atoms with Gasteiger partial charge in [0.2, 0.25) is 0 Å². The van der Waals surface area contributed by atoms with Crippen molar-refractivity contribution in [2.75, 3.05) is 0 Å².